The van der Waals surface area contributed by atoms with Gasteiger partial charge in [-0.25, -0.2) is 0 Å². The van der Waals surface area contributed by atoms with E-state index in [4.69, 9.17) is 9.47 Å². The SMILES string of the molecule is CC1CCCNC1C(=O)NCC1COC(C)(C)O1. The molecule has 0 bridgehead atoms. The topological polar surface area (TPSA) is 59.6 Å². The maximum absolute atomic E-state index is 12.1. The third-order valence-electron chi connectivity index (χ3n) is 3.62. The number of hydrogen-bond acceptors (Lipinski definition) is 4. The fourth-order valence-electron chi connectivity index (χ4n) is 2.59. The van der Waals surface area contributed by atoms with Crippen LogP contribution in [-0.4, -0.2) is 43.5 Å². The van der Waals surface area contributed by atoms with Crippen LogP contribution in [-0.2, 0) is 14.3 Å². The van der Waals surface area contributed by atoms with Crippen LogP contribution in [0.3, 0.4) is 0 Å². The Morgan fingerprint density at radius 2 is 2.28 bits per heavy atom. The molecule has 0 radical (unpaired) electrons. The molecule has 18 heavy (non-hydrogen) atoms. The Morgan fingerprint density at radius 3 is 2.89 bits per heavy atom. The Bertz CT molecular complexity index is 307. The van der Waals surface area contributed by atoms with Crippen LogP contribution in [0.15, 0.2) is 0 Å². The van der Waals surface area contributed by atoms with Crippen molar-refractivity contribution in [2.75, 3.05) is 19.7 Å². The smallest absolute Gasteiger partial charge is 0.237 e. The summed E-state index contributed by atoms with van der Waals surface area (Å²) >= 11 is 0. The van der Waals surface area contributed by atoms with Crippen molar-refractivity contribution in [2.24, 2.45) is 5.92 Å². The van der Waals surface area contributed by atoms with Crippen molar-refractivity contribution < 1.29 is 14.3 Å². The molecular weight excluding hydrogens is 232 g/mol. The summed E-state index contributed by atoms with van der Waals surface area (Å²) in [6, 6.07) is -0.0610. The lowest BCUT2D eigenvalue weighted by Gasteiger charge is -2.29. The Morgan fingerprint density at radius 1 is 1.50 bits per heavy atom. The average molecular weight is 256 g/mol. The monoisotopic (exact) mass is 256 g/mol. The highest BCUT2D eigenvalue weighted by Gasteiger charge is 2.33. The minimum Gasteiger partial charge on any atom is -0.352 e. The van der Waals surface area contributed by atoms with E-state index in [-0.39, 0.29) is 18.1 Å². The second-order valence-corrected chi connectivity index (χ2v) is 5.75. The van der Waals surface area contributed by atoms with Gasteiger partial charge in [0, 0.05) is 6.54 Å². The van der Waals surface area contributed by atoms with Gasteiger partial charge in [0.25, 0.3) is 0 Å². The molecule has 0 aliphatic carbocycles. The normalized spacial score (nSPS) is 35.4. The Hall–Kier alpha value is -0.650. The van der Waals surface area contributed by atoms with Gasteiger partial charge in [0.2, 0.25) is 5.91 Å². The predicted molar refractivity (Wildman–Crippen MR) is 68.1 cm³/mol. The standard InChI is InChI=1S/C13H24N2O3/c1-9-5-4-6-14-11(9)12(16)15-7-10-8-17-13(2,3)18-10/h9-11,14H,4-8H2,1-3H3,(H,15,16). The molecule has 2 aliphatic heterocycles. The Labute approximate surface area is 109 Å². The van der Waals surface area contributed by atoms with Crippen LogP contribution in [0.5, 0.6) is 0 Å². The molecule has 2 rings (SSSR count). The highest BCUT2D eigenvalue weighted by molar-refractivity contribution is 5.82. The lowest BCUT2D eigenvalue weighted by Crippen LogP contribution is -2.52. The van der Waals surface area contributed by atoms with E-state index >= 15 is 0 Å². The summed E-state index contributed by atoms with van der Waals surface area (Å²) < 4.78 is 11.1. The molecule has 2 N–H and O–H groups in total. The first-order valence-electron chi connectivity index (χ1n) is 6.81. The zero-order chi connectivity index (χ0) is 13.2. The quantitative estimate of drug-likeness (QED) is 0.778. The highest BCUT2D eigenvalue weighted by Crippen LogP contribution is 2.22. The molecular formula is C13H24N2O3. The van der Waals surface area contributed by atoms with Crippen molar-refractivity contribution in [3.05, 3.63) is 0 Å². The van der Waals surface area contributed by atoms with Gasteiger partial charge in [0.15, 0.2) is 5.79 Å². The number of hydrogen-bond donors (Lipinski definition) is 2. The number of ether oxygens (including phenoxy) is 2. The van der Waals surface area contributed by atoms with Crippen LogP contribution in [0.1, 0.15) is 33.6 Å². The van der Waals surface area contributed by atoms with Gasteiger partial charge in [-0.15, -0.1) is 0 Å². The molecule has 0 aromatic carbocycles. The maximum Gasteiger partial charge on any atom is 0.237 e. The summed E-state index contributed by atoms with van der Waals surface area (Å²) in [6.45, 7) is 7.89. The van der Waals surface area contributed by atoms with Crippen molar-refractivity contribution in [1.82, 2.24) is 10.6 Å². The summed E-state index contributed by atoms with van der Waals surface area (Å²) in [5.74, 6) is -0.0439. The number of rotatable bonds is 3. The minimum atomic E-state index is -0.522. The highest BCUT2D eigenvalue weighted by atomic mass is 16.7. The van der Waals surface area contributed by atoms with Crippen LogP contribution in [0.2, 0.25) is 0 Å². The summed E-state index contributed by atoms with van der Waals surface area (Å²) in [5.41, 5.74) is 0. The summed E-state index contributed by atoms with van der Waals surface area (Å²) in [4.78, 5) is 12.1. The largest absolute Gasteiger partial charge is 0.352 e. The molecule has 0 aromatic rings. The van der Waals surface area contributed by atoms with E-state index in [1.54, 1.807) is 0 Å². The third-order valence-corrected chi connectivity index (χ3v) is 3.62. The molecule has 2 heterocycles. The number of piperidine rings is 1. The van der Waals surface area contributed by atoms with Crippen molar-refractivity contribution in [2.45, 2.75) is 51.5 Å². The number of amides is 1. The van der Waals surface area contributed by atoms with Crippen molar-refractivity contribution in [3.8, 4) is 0 Å². The third kappa shape index (κ3) is 3.43. The molecule has 2 aliphatic rings. The predicted octanol–water partition coefficient (Wildman–Crippen LogP) is 0.642. The summed E-state index contributed by atoms with van der Waals surface area (Å²) in [5, 5.41) is 6.23. The lowest BCUT2D eigenvalue weighted by molar-refractivity contribution is -0.140. The van der Waals surface area contributed by atoms with E-state index in [1.807, 2.05) is 13.8 Å². The van der Waals surface area contributed by atoms with E-state index in [0.29, 0.717) is 19.1 Å². The van der Waals surface area contributed by atoms with Crippen LogP contribution in [0.4, 0.5) is 0 Å². The van der Waals surface area contributed by atoms with Gasteiger partial charge in [-0.05, 0) is 39.2 Å². The first kappa shape index (κ1) is 13.8. The molecule has 2 saturated heterocycles. The van der Waals surface area contributed by atoms with E-state index in [9.17, 15) is 4.79 Å². The number of nitrogens with one attached hydrogen (secondary N) is 2. The van der Waals surface area contributed by atoms with Crippen LogP contribution in [0.25, 0.3) is 0 Å². The molecule has 0 saturated carbocycles. The Balaban J connectivity index is 1.75. The average Bonchev–Trinajstić information content (AvgIpc) is 2.66. The minimum absolute atomic E-state index is 0.0390. The molecule has 0 aromatic heterocycles. The molecule has 3 unspecified atom stereocenters. The van der Waals surface area contributed by atoms with Gasteiger partial charge in [-0.1, -0.05) is 6.92 Å². The van der Waals surface area contributed by atoms with E-state index < -0.39 is 5.79 Å². The number of carbonyl (C=O) groups excluding carboxylic acids is 1. The van der Waals surface area contributed by atoms with Gasteiger partial charge < -0.3 is 20.1 Å². The maximum atomic E-state index is 12.1. The van der Waals surface area contributed by atoms with E-state index in [2.05, 4.69) is 17.6 Å². The number of carbonyl (C=O) groups is 1. The summed E-state index contributed by atoms with van der Waals surface area (Å²) in [6.07, 6.45) is 2.22. The van der Waals surface area contributed by atoms with E-state index in [1.165, 1.54) is 0 Å². The lowest BCUT2D eigenvalue weighted by atomic mass is 9.92. The first-order valence-corrected chi connectivity index (χ1v) is 6.81. The van der Waals surface area contributed by atoms with Gasteiger partial charge in [0.1, 0.15) is 6.10 Å². The first-order chi connectivity index (χ1) is 8.48. The van der Waals surface area contributed by atoms with Gasteiger partial charge in [0.05, 0.1) is 12.6 Å². The van der Waals surface area contributed by atoms with Gasteiger partial charge >= 0.3 is 0 Å². The molecule has 1 amide bonds. The van der Waals surface area contributed by atoms with E-state index in [0.717, 1.165) is 19.4 Å². The van der Waals surface area contributed by atoms with Crippen molar-refractivity contribution in [3.63, 3.8) is 0 Å². The molecule has 0 spiro atoms. The second-order valence-electron chi connectivity index (χ2n) is 5.75. The fraction of sp³-hybridized carbons (Fsp3) is 0.923. The molecule has 2 fully saturated rings. The molecule has 104 valence electrons. The molecule has 5 nitrogen and oxygen atoms in total. The van der Waals surface area contributed by atoms with Crippen LogP contribution < -0.4 is 10.6 Å². The fourth-order valence-corrected chi connectivity index (χ4v) is 2.59. The van der Waals surface area contributed by atoms with Crippen molar-refractivity contribution >= 4 is 5.91 Å². The van der Waals surface area contributed by atoms with Gasteiger partial charge in [-0.3, -0.25) is 4.79 Å². The van der Waals surface area contributed by atoms with Crippen LogP contribution in [0, 0.1) is 5.92 Å². The van der Waals surface area contributed by atoms with Crippen molar-refractivity contribution in [1.29, 1.82) is 0 Å². The van der Waals surface area contributed by atoms with Gasteiger partial charge in [-0.2, -0.15) is 0 Å². The zero-order valence-corrected chi connectivity index (χ0v) is 11.5. The summed E-state index contributed by atoms with van der Waals surface area (Å²) in [7, 11) is 0. The molecule has 5 heteroatoms. The second kappa shape index (κ2) is 5.55. The Kier molecular flexibility index (Phi) is 4.25. The van der Waals surface area contributed by atoms with Crippen LogP contribution >= 0.6 is 0 Å². The molecule has 3 atom stereocenters. The zero-order valence-electron chi connectivity index (χ0n) is 11.5.